The van der Waals surface area contributed by atoms with Crippen LogP contribution in [0, 0.1) is 0 Å². The third-order valence-electron chi connectivity index (χ3n) is 5.96. The fourth-order valence-electron chi connectivity index (χ4n) is 4.25. The molecule has 0 radical (unpaired) electrons. The summed E-state index contributed by atoms with van der Waals surface area (Å²) < 4.78 is 1.65. The second-order valence-electron chi connectivity index (χ2n) is 8.46. The maximum absolute atomic E-state index is 12.9. The molecule has 2 aromatic heterocycles. The number of carbonyl (C=O) groups excluding carboxylic acids is 2. The highest BCUT2D eigenvalue weighted by molar-refractivity contribution is 5.95. The van der Waals surface area contributed by atoms with Crippen LogP contribution >= 0.6 is 0 Å². The van der Waals surface area contributed by atoms with E-state index >= 15 is 0 Å². The lowest BCUT2D eigenvalue weighted by atomic mass is 10.0. The van der Waals surface area contributed by atoms with Crippen LogP contribution in [0.15, 0.2) is 72.9 Å². The number of nitrogens with zero attached hydrogens (tertiary/aromatic N) is 4. The minimum Gasteiger partial charge on any atom is -0.353 e. The smallest absolute Gasteiger partial charge is 0.320 e. The van der Waals surface area contributed by atoms with Gasteiger partial charge in [-0.25, -0.2) is 14.3 Å². The van der Waals surface area contributed by atoms with Crippen LogP contribution in [0.5, 0.6) is 0 Å². The average molecular weight is 470 g/mol. The van der Waals surface area contributed by atoms with E-state index in [0.717, 1.165) is 29.9 Å². The highest BCUT2D eigenvalue weighted by Crippen LogP contribution is 2.22. The Hall–Kier alpha value is -4.40. The van der Waals surface area contributed by atoms with E-state index in [0.29, 0.717) is 30.1 Å². The van der Waals surface area contributed by atoms with Gasteiger partial charge in [0.1, 0.15) is 5.82 Å². The first kappa shape index (κ1) is 22.4. The third kappa shape index (κ3) is 5.08. The van der Waals surface area contributed by atoms with Crippen molar-refractivity contribution >= 4 is 29.2 Å². The monoisotopic (exact) mass is 469 g/mol. The topological polar surface area (TPSA) is 104 Å². The summed E-state index contributed by atoms with van der Waals surface area (Å²) >= 11 is 0. The molecular weight excluding hydrogens is 442 g/mol. The number of benzene rings is 2. The van der Waals surface area contributed by atoms with Gasteiger partial charge in [-0.2, -0.15) is 0 Å². The molecule has 1 aliphatic heterocycles. The zero-order valence-corrected chi connectivity index (χ0v) is 19.4. The molecule has 9 heteroatoms. The van der Waals surface area contributed by atoms with Crippen LogP contribution in [0.2, 0.25) is 0 Å². The molecule has 1 saturated heterocycles. The Balaban J connectivity index is 1.23. The first-order valence-corrected chi connectivity index (χ1v) is 11.7. The molecule has 9 nitrogen and oxygen atoms in total. The van der Waals surface area contributed by atoms with Crippen molar-refractivity contribution < 1.29 is 9.59 Å². The Morgan fingerprint density at radius 2 is 1.86 bits per heavy atom. The lowest BCUT2D eigenvalue weighted by molar-refractivity contribution is 0.0940. The molecule has 0 bridgehead atoms. The summed E-state index contributed by atoms with van der Waals surface area (Å²) in [6.07, 6.45) is 2.51. The summed E-state index contributed by atoms with van der Waals surface area (Å²) in [6.45, 7) is 3.84. The molecule has 3 heterocycles. The van der Waals surface area contributed by atoms with Crippen molar-refractivity contribution in [3.8, 4) is 11.1 Å². The summed E-state index contributed by atoms with van der Waals surface area (Å²) in [4.78, 5) is 31.2. The van der Waals surface area contributed by atoms with Gasteiger partial charge in [0.05, 0.1) is 6.20 Å². The molecule has 5 rings (SSSR count). The van der Waals surface area contributed by atoms with Crippen molar-refractivity contribution in [2.75, 3.05) is 29.9 Å². The molecule has 3 amide bonds. The molecule has 0 spiro atoms. The van der Waals surface area contributed by atoms with Crippen LogP contribution in [0.4, 0.5) is 16.4 Å². The zero-order valence-electron chi connectivity index (χ0n) is 19.4. The van der Waals surface area contributed by atoms with Gasteiger partial charge in [0.15, 0.2) is 11.5 Å². The number of rotatable bonds is 6. The van der Waals surface area contributed by atoms with Gasteiger partial charge >= 0.3 is 6.03 Å². The number of nitrogens with one attached hydrogen (secondary N) is 3. The molecule has 4 aromatic rings. The number of carbonyl (C=O) groups is 2. The van der Waals surface area contributed by atoms with Gasteiger partial charge < -0.3 is 15.5 Å². The molecule has 0 saturated carbocycles. The van der Waals surface area contributed by atoms with Gasteiger partial charge in [0, 0.05) is 31.2 Å². The van der Waals surface area contributed by atoms with Crippen LogP contribution < -0.4 is 20.9 Å². The van der Waals surface area contributed by atoms with E-state index in [1.54, 1.807) is 10.7 Å². The highest BCUT2D eigenvalue weighted by atomic mass is 16.2. The fourth-order valence-corrected chi connectivity index (χ4v) is 4.25. The molecule has 0 aliphatic carbocycles. The maximum atomic E-state index is 12.9. The number of imidazole rings is 1. The Labute approximate surface area is 203 Å². The van der Waals surface area contributed by atoms with Crippen LogP contribution in [0.25, 0.3) is 16.8 Å². The number of aromatic nitrogens is 3. The summed E-state index contributed by atoms with van der Waals surface area (Å²) in [5, 5.41) is 13.2. The van der Waals surface area contributed by atoms with Gasteiger partial charge in [-0.15, -0.1) is 5.10 Å². The Morgan fingerprint density at radius 1 is 1.03 bits per heavy atom. The van der Waals surface area contributed by atoms with Gasteiger partial charge in [-0.05, 0) is 48.7 Å². The lowest BCUT2D eigenvalue weighted by Crippen LogP contribution is -2.37. The molecule has 0 unspecified atom stereocenters. The highest BCUT2D eigenvalue weighted by Gasteiger charge is 2.25. The normalized spacial score (nSPS) is 15.2. The van der Waals surface area contributed by atoms with Gasteiger partial charge in [0.2, 0.25) is 0 Å². The lowest BCUT2D eigenvalue weighted by Gasteiger charge is -2.18. The number of urea groups is 1. The van der Waals surface area contributed by atoms with Crippen molar-refractivity contribution in [1.29, 1.82) is 0 Å². The van der Waals surface area contributed by atoms with E-state index in [1.807, 2.05) is 73.7 Å². The molecule has 1 atom stereocenters. The van der Waals surface area contributed by atoms with Crippen molar-refractivity contribution in [3.05, 3.63) is 78.5 Å². The van der Waals surface area contributed by atoms with Gasteiger partial charge in [-0.1, -0.05) is 42.5 Å². The van der Waals surface area contributed by atoms with Crippen LogP contribution in [-0.2, 0) is 0 Å². The standard InChI is InChI=1S/C26H27N7O2/c1-2-27-26(35)30-22-17-33-23(29-22)11-12-24(31-33)32-14-13-21(16-32)28-25(34)20-10-6-9-19(15-20)18-7-4-3-5-8-18/h3-12,15,17,21H,2,13-14,16H2,1H3,(H,28,34)(H2,27,30,35)/t21-/m0/s1. The van der Waals surface area contributed by atoms with E-state index in [9.17, 15) is 9.59 Å². The molecular formula is C26H27N7O2. The van der Waals surface area contributed by atoms with E-state index in [-0.39, 0.29) is 18.0 Å². The second-order valence-corrected chi connectivity index (χ2v) is 8.46. The number of amides is 3. The molecule has 178 valence electrons. The van der Waals surface area contributed by atoms with E-state index in [2.05, 4.69) is 30.9 Å². The quantitative estimate of drug-likeness (QED) is 0.401. The average Bonchev–Trinajstić information content (AvgIpc) is 3.50. The van der Waals surface area contributed by atoms with Crippen molar-refractivity contribution in [3.63, 3.8) is 0 Å². The molecule has 3 N–H and O–H groups in total. The summed E-state index contributed by atoms with van der Waals surface area (Å²) in [7, 11) is 0. The van der Waals surface area contributed by atoms with E-state index in [1.165, 1.54) is 0 Å². The number of hydrogen-bond donors (Lipinski definition) is 3. The Bertz CT molecular complexity index is 1350. The summed E-state index contributed by atoms with van der Waals surface area (Å²) in [6, 6.07) is 21.2. The molecule has 1 fully saturated rings. The third-order valence-corrected chi connectivity index (χ3v) is 5.96. The van der Waals surface area contributed by atoms with Crippen molar-refractivity contribution in [2.45, 2.75) is 19.4 Å². The fraction of sp³-hybridized carbons (Fsp3) is 0.231. The first-order valence-electron chi connectivity index (χ1n) is 11.7. The second kappa shape index (κ2) is 9.84. The minimum atomic E-state index is -0.302. The van der Waals surface area contributed by atoms with Crippen LogP contribution in [-0.4, -0.2) is 52.2 Å². The SMILES string of the molecule is CCNC(=O)Nc1cn2nc(N3CC[C@H](NC(=O)c4cccc(-c5ccccc5)c4)C3)ccc2n1. The van der Waals surface area contributed by atoms with Crippen LogP contribution in [0.1, 0.15) is 23.7 Å². The first-order chi connectivity index (χ1) is 17.1. The van der Waals surface area contributed by atoms with Crippen molar-refractivity contribution in [2.24, 2.45) is 0 Å². The van der Waals surface area contributed by atoms with Crippen LogP contribution in [0.3, 0.4) is 0 Å². The predicted molar refractivity (Wildman–Crippen MR) is 136 cm³/mol. The minimum absolute atomic E-state index is 0.0260. The summed E-state index contributed by atoms with van der Waals surface area (Å²) in [5.41, 5.74) is 3.39. The molecule has 2 aromatic carbocycles. The Kier molecular flexibility index (Phi) is 6.30. The maximum Gasteiger partial charge on any atom is 0.320 e. The molecule has 1 aliphatic rings. The van der Waals surface area contributed by atoms with Gasteiger partial charge in [0.25, 0.3) is 5.91 Å². The zero-order chi connectivity index (χ0) is 24.2. The van der Waals surface area contributed by atoms with Crippen molar-refractivity contribution in [1.82, 2.24) is 25.2 Å². The van der Waals surface area contributed by atoms with E-state index in [4.69, 9.17) is 0 Å². The number of fused-ring (bicyclic) bond motifs is 1. The largest absolute Gasteiger partial charge is 0.353 e. The molecule has 35 heavy (non-hydrogen) atoms. The van der Waals surface area contributed by atoms with Gasteiger partial charge in [-0.3, -0.25) is 10.1 Å². The van der Waals surface area contributed by atoms with E-state index < -0.39 is 0 Å². The predicted octanol–water partition coefficient (Wildman–Crippen LogP) is 3.55. The summed E-state index contributed by atoms with van der Waals surface area (Å²) in [5.74, 6) is 1.15. The number of hydrogen-bond acceptors (Lipinski definition) is 5. The Morgan fingerprint density at radius 3 is 2.69 bits per heavy atom. The number of anilines is 2.